The number of nitrogen functional groups attached to an aromatic ring is 1. The lowest BCUT2D eigenvalue weighted by molar-refractivity contribution is 0.890. The number of aryl methyl sites for hydroxylation is 2. The lowest BCUT2D eigenvalue weighted by Crippen LogP contribution is -1.97. The number of rotatable bonds is 2. The van der Waals surface area contributed by atoms with Crippen molar-refractivity contribution >= 4 is 57.6 Å². The maximum absolute atomic E-state index is 6.09. The molecule has 23 heavy (non-hydrogen) atoms. The van der Waals surface area contributed by atoms with Crippen molar-refractivity contribution in [1.29, 1.82) is 0 Å². The second-order valence-electron chi connectivity index (χ2n) is 4.93. The first-order valence-electron chi connectivity index (χ1n) is 6.55. The number of halogens is 3. The van der Waals surface area contributed by atoms with Gasteiger partial charge in [0.25, 0.3) is 0 Å². The third-order valence-corrected chi connectivity index (χ3v) is 4.17. The van der Waals surface area contributed by atoms with Crippen LogP contribution in [0.4, 0.5) is 17.2 Å². The Morgan fingerprint density at radius 2 is 1.70 bits per heavy atom. The molecule has 0 radical (unpaired) electrons. The Bertz CT molecular complexity index is 948. The van der Waals surface area contributed by atoms with Crippen LogP contribution in [-0.2, 0) is 0 Å². The summed E-state index contributed by atoms with van der Waals surface area (Å²) in [6.07, 6.45) is 0. The number of nitrogens with zero attached hydrogens (tertiary/aromatic N) is 5. The molecule has 3 rings (SSSR count). The summed E-state index contributed by atoms with van der Waals surface area (Å²) in [5.41, 5.74) is 8.93. The van der Waals surface area contributed by atoms with Gasteiger partial charge in [-0.05, 0) is 32.0 Å². The Kier molecular flexibility index (Phi) is 4.14. The predicted molar refractivity (Wildman–Crippen MR) is 92.5 cm³/mol. The summed E-state index contributed by atoms with van der Waals surface area (Å²) in [7, 11) is 0. The molecular weight excluding hydrogens is 359 g/mol. The Morgan fingerprint density at radius 3 is 2.43 bits per heavy atom. The van der Waals surface area contributed by atoms with Crippen LogP contribution in [0.2, 0.25) is 15.1 Å². The van der Waals surface area contributed by atoms with Crippen LogP contribution in [-0.4, -0.2) is 14.6 Å². The zero-order chi connectivity index (χ0) is 16.7. The van der Waals surface area contributed by atoms with Crippen molar-refractivity contribution in [3.8, 4) is 0 Å². The van der Waals surface area contributed by atoms with E-state index in [4.69, 9.17) is 40.5 Å². The molecule has 0 spiro atoms. The molecule has 0 saturated heterocycles. The van der Waals surface area contributed by atoms with Gasteiger partial charge in [-0.25, -0.2) is 9.50 Å². The fraction of sp³-hybridized carbons (Fsp3) is 0.143. The maximum atomic E-state index is 6.09. The number of fused-ring (bicyclic) bond motifs is 1. The summed E-state index contributed by atoms with van der Waals surface area (Å²) in [5, 5.41) is 13.5. The van der Waals surface area contributed by atoms with E-state index in [1.54, 1.807) is 4.52 Å². The van der Waals surface area contributed by atoms with Crippen LogP contribution in [0, 0.1) is 13.8 Å². The molecule has 0 aliphatic heterocycles. The number of benzene rings is 1. The third kappa shape index (κ3) is 2.97. The SMILES string of the molecule is Cc1cc(C)n2nc(N)c(N=Nc3cc(Cl)c(Cl)cc3Cl)c2n1. The van der Waals surface area contributed by atoms with Gasteiger partial charge < -0.3 is 5.73 Å². The van der Waals surface area contributed by atoms with Gasteiger partial charge in [-0.15, -0.1) is 15.3 Å². The van der Waals surface area contributed by atoms with Gasteiger partial charge in [-0.3, -0.25) is 0 Å². The van der Waals surface area contributed by atoms with Gasteiger partial charge in [-0.2, -0.15) is 0 Å². The quantitative estimate of drug-likeness (QED) is 0.491. The first kappa shape index (κ1) is 16.0. The molecule has 0 unspecified atom stereocenters. The van der Waals surface area contributed by atoms with E-state index in [0.717, 1.165) is 11.4 Å². The summed E-state index contributed by atoms with van der Waals surface area (Å²) in [4.78, 5) is 4.41. The molecule has 2 aromatic heterocycles. The minimum absolute atomic E-state index is 0.228. The van der Waals surface area contributed by atoms with Crippen molar-refractivity contribution in [2.24, 2.45) is 10.2 Å². The van der Waals surface area contributed by atoms with Gasteiger partial charge in [-0.1, -0.05) is 34.8 Å². The van der Waals surface area contributed by atoms with Crippen molar-refractivity contribution in [3.63, 3.8) is 0 Å². The maximum Gasteiger partial charge on any atom is 0.185 e. The van der Waals surface area contributed by atoms with E-state index < -0.39 is 0 Å². The molecule has 9 heteroatoms. The van der Waals surface area contributed by atoms with E-state index in [0.29, 0.717) is 32.1 Å². The zero-order valence-corrected chi connectivity index (χ0v) is 14.4. The fourth-order valence-corrected chi connectivity index (χ4v) is 2.69. The van der Waals surface area contributed by atoms with Gasteiger partial charge in [0, 0.05) is 11.4 Å². The molecule has 1 aromatic carbocycles. The first-order chi connectivity index (χ1) is 10.9. The molecule has 0 fully saturated rings. The smallest absolute Gasteiger partial charge is 0.185 e. The Morgan fingerprint density at radius 1 is 1.00 bits per heavy atom. The largest absolute Gasteiger partial charge is 0.380 e. The molecule has 2 N–H and O–H groups in total. The number of anilines is 1. The highest BCUT2D eigenvalue weighted by atomic mass is 35.5. The van der Waals surface area contributed by atoms with Crippen LogP contribution in [0.1, 0.15) is 11.4 Å². The zero-order valence-electron chi connectivity index (χ0n) is 12.2. The fourth-order valence-electron chi connectivity index (χ4n) is 2.11. The second-order valence-corrected chi connectivity index (χ2v) is 6.15. The van der Waals surface area contributed by atoms with E-state index >= 15 is 0 Å². The average Bonchev–Trinajstić information content (AvgIpc) is 2.78. The van der Waals surface area contributed by atoms with Crippen LogP contribution >= 0.6 is 34.8 Å². The van der Waals surface area contributed by atoms with Crippen molar-refractivity contribution in [2.45, 2.75) is 13.8 Å². The molecule has 0 amide bonds. The highest BCUT2D eigenvalue weighted by Crippen LogP contribution is 2.36. The van der Waals surface area contributed by atoms with Gasteiger partial charge in [0.15, 0.2) is 17.2 Å². The minimum atomic E-state index is 0.228. The van der Waals surface area contributed by atoms with Crippen molar-refractivity contribution in [1.82, 2.24) is 14.6 Å². The molecule has 2 heterocycles. The molecule has 0 aliphatic rings. The summed E-state index contributed by atoms with van der Waals surface area (Å²) < 4.78 is 1.62. The Labute approximate surface area is 146 Å². The van der Waals surface area contributed by atoms with Crippen molar-refractivity contribution < 1.29 is 0 Å². The summed E-state index contributed by atoms with van der Waals surface area (Å²) >= 11 is 17.9. The molecule has 0 bridgehead atoms. The number of aromatic nitrogens is 3. The lowest BCUT2D eigenvalue weighted by Gasteiger charge is -2.01. The van der Waals surface area contributed by atoms with Crippen LogP contribution in [0.3, 0.4) is 0 Å². The first-order valence-corrected chi connectivity index (χ1v) is 7.69. The molecule has 118 valence electrons. The molecule has 3 aromatic rings. The minimum Gasteiger partial charge on any atom is -0.380 e. The number of hydrogen-bond acceptors (Lipinski definition) is 5. The monoisotopic (exact) mass is 368 g/mol. The van der Waals surface area contributed by atoms with Crippen molar-refractivity contribution in [3.05, 3.63) is 44.7 Å². The third-order valence-electron chi connectivity index (χ3n) is 3.14. The molecular formula is C14H11Cl3N6. The predicted octanol–water partition coefficient (Wildman–Crippen LogP) is 5.30. The van der Waals surface area contributed by atoms with Crippen molar-refractivity contribution in [2.75, 3.05) is 5.73 Å². The summed E-state index contributed by atoms with van der Waals surface area (Å²) in [6.45, 7) is 3.79. The van der Waals surface area contributed by atoms with E-state index in [1.807, 2.05) is 19.9 Å². The highest BCUT2D eigenvalue weighted by molar-refractivity contribution is 6.43. The molecule has 0 aliphatic carbocycles. The van der Waals surface area contributed by atoms with Crippen LogP contribution in [0.5, 0.6) is 0 Å². The number of hydrogen-bond donors (Lipinski definition) is 1. The van der Waals surface area contributed by atoms with Gasteiger partial charge in [0.1, 0.15) is 5.69 Å². The number of nitrogens with two attached hydrogens (primary N) is 1. The molecule has 0 saturated carbocycles. The van der Waals surface area contributed by atoms with Gasteiger partial charge in [0.05, 0.1) is 15.1 Å². The lowest BCUT2D eigenvalue weighted by atomic mass is 10.3. The molecule has 0 atom stereocenters. The van der Waals surface area contributed by atoms with E-state index in [-0.39, 0.29) is 5.82 Å². The average molecular weight is 370 g/mol. The number of azo groups is 1. The van der Waals surface area contributed by atoms with Crippen LogP contribution in [0.25, 0.3) is 5.65 Å². The highest BCUT2D eigenvalue weighted by Gasteiger charge is 2.14. The van der Waals surface area contributed by atoms with E-state index in [2.05, 4.69) is 20.3 Å². The topological polar surface area (TPSA) is 80.9 Å². The standard InChI is InChI=1S/C14H11Cl3N6/c1-6-3-7(2)23-14(19-6)12(13(18)22-23)21-20-11-5-9(16)8(15)4-10(11)17/h3-5H,1-2H3,(H2,18,22). The Balaban J connectivity index is 2.12. The second kappa shape index (κ2) is 5.96. The normalized spacial score (nSPS) is 11.7. The van der Waals surface area contributed by atoms with Gasteiger partial charge >= 0.3 is 0 Å². The summed E-state index contributed by atoms with van der Waals surface area (Å²) in [5.74, 6) is 0.228. The van der Waals surface area contributed by atoms with Crippen LogP contribution in [0.15, 0.2) is 28.4 Å². The Hall–Kier alpha value is -1.89. The van der Waals surface area contributed by atoms with Gasteiger partial charge in [0.2, 0.25) is 0 Å². The van der Waals surface area contributed by atoms with E-state index in [9.17, 15) is 0 Å². The van der Waals surface area contributed by atoms with E-state index in [1.165, 1.54) is 12.1 Å². The molecule has 6 nitrogen and oxygen atoms in total. The van der Waals surface area contributed by atoms with Crippen LogP contribution < -0.4 is 5.73 Å². The summed E-state index contributed by atoms with van der Waals surface area (Å²) in [6, 6.07) is 4.93.